The van der Waals surface area contributed by atoms with Gasteiger partial charge in [-0.3, -0.25) is 14.5 Å². The van der Waals surface area contributed by atoms with Gasteiger partial charge in [0.15, 0.2) is 4.77 Å². The lowest BCUT2D eigenvalue weighted by Gasteiger charge is -2.25. The molecule has 1 amide bonds. The second-order valence-corrected chi connectivity index (χ2v) is 6.50. The molecule has 0 fully saturated rings. The minimum absolute atomic E-state index is 0.0445. The summed E-state index contributed by atoms with van der Waals surface area (Å²) < 4.78 is 15.3. The van der Waals surface area contributed by atoms with E-state index in [2.05, 4.69) is 15.5 Å². The van der Waals surface area contributed by atoms with E-state index in [9.17, 15) is 9.18 Å². The van der Waals surface area contributed by atoms with Gasteiger partial charge in [-0.25, -0.2) is 4.39 Å². The zero-order chi connectivity index (χ0) is 18.4. The van der Waals surface area contributed by atoms with Crippen LogP contribution in [0.15, 0.2) is 24.3 Å². The van der Waals surface area contributed by atoms with Gasteiger partial charge in [-0.1, -0.05) is 19.1 Å². The average Bonchev–Trinajstić information content (AvgIpc) is 2.90. The smallest absolute Gasteiger partial charge is 0.240 e. The molecule has 8 heteroatoms. The maximum Gasteiger partial charge on any atom is 0.240 e. The molecule has 2 N–H and O–H groups in total. The summed E-state index contributed by atoms with van der Waals surface area (Å²) in [5.74, 6) is 0.372. The number of hydrogen-bond acceptors (Lipinski definition) is 4. The lowest BCUT2D eigenvalue weighted by molar-refractivity contribution is -0.121. The van der Waals surface area contributed by atoms with Crippen LogP contribution in [0.4, 0.5) is 4.39 Å². The number of carbonyl (C=O) groups excluding carboxylic acids is 1. The molecule has 2 rings (SSSR count). The minimum atomic E-state index is -0.275. The molecular weight excluding hydrogens is 341 g/mol. The lowest BCUT2D eigenvalue weighted by Crippen LogP contribution is -2.36. The molecule has 0 bridgehead atoms. The molecule has 0 radical (unpaired) electrons. The quantitative estimate of drug-likeness (QED) is 0.705. The Labute approximate surface area is 152 Å². The lowest BCUT2D eigenvalue weighted by atomic mass is 10.1. The number of amides is 1. The van der Waals surface area contributed by atoms with E-state index >= 15 is 0 Å². The van der Waals surface area contributed by atoms with Gasteiger partial charge in [0.1, 0.15) is 18.2 Å². The second-order valence-electron chi connectivity index (χ2n) is 6.12. The number of hydrogen-bond donors (Lipinski definition) is 2. The fraction of sp³-hybridized carbons (Fsp3) is 0.471. The number of aryl methyl sites for hydroxylation is 1. The SMILES string of the molecule is CCCc1n[nH]c(=S)n1CC(=O)NCC(c1ccc(F)cc1)N(C)C. The third-order valence-electron chi connectivity index (χ3n) is 3.98. The number of halogens is 1. The van der Waals surface area contributed by atoms with Crippen molar-refractivity contribution < 1.29 is 9.18 Å². The van der Waals surface area contributed by atoms with Crippen molar-refractivity contribution in [2.75, 3.05) is 20.6 Å². The van der Waals surface area contributed by atoms with Crippen LogP contribution >= 0.6 is 12.2 Å². The van der Waals surface area contributed by atoms with Crippen LogP contribution < -0.4 is 5.32 Å². The summed E-state index contributed by atoms with van der Waals surface area (Å²) in [6.45, 7) is 2.60. The molecule has 1 heterocycles. The van der Waals surface area contributed by atoms with Gasteiger partial charge >= 0.3 is 0 Å². The van der Waals surface area contributed by atoms with Crippen molar-refractivity contribution in [3.8, 4) is 0 Å². The highest BCUT2D eigenvalue weighted by atomic mass is 32.1. The summed E-state index contributed by atoms with van der Waals surface area (Å²) in [5, 5.41) is 9.82. The number of benzene rings is 1. The number of carbonyl (C=O) groups is 1. The Kier molecular flexibility index (Phi) is 6.83. The van der Waals surface area contributed by atoms with Crippen LogP contribution in [0.2, 0.25) is 0 Å². The molecule has 0 spiro atoms. The number of aromatic amines is 1. The summed E-state index contributed by atoms with van der Waals surface area (Å²) >= 11 is 5.19. The Bertz CT molecular complexity index is 753. The maximum absolute atomic E-state index is 13.1. The first kappa shape index (κ1) is 19.3. The first-order chi connectivity index (χ1) is 11.9. The highest BCUT2D eigenvalue weighted by Gasteiger charge is 2.16. The van der Waals surface area contributed by atoms with E-state index in [4.69, 9.17) is 12.2 Å². The zero-order valence-corrected chi connectivity index (χ0v) is 15.6. The van der Waals surface area contributed by atoms with Crippen molar-refractivity contribution in [3.05, 3.63) is 46.2 Å². The number of H-pyrrole nitrogens is 1. The third kappa shape index (κ3) is 5.20. The molecule has 0 saturated carbocycles. The van der Waals surface area contributed by atoms with Gasteiger partial charge in [-0.15, -0.1) is 0 Å². The van der Waals surface area contributed by atoms with Crippen molar-refractivity contribution >= 4 is 18.1 Å². The summed E-state index contributed by atoms with van der Waals surface area (Å²) in [6.07, 6.45) is 1.69. The minimum Gasteiger partial charge on any atom is -0.353 e. The molecule has 1 atom stereocenters. The number of likely N-dealkylation sites (N-methyl/N-ethyl adjacent to an activating group) is 1. The molecule has 0 aliphatic carbocycles. The average molecular weight is 365 g/mol. The van der Waals surface area contributed by atoms with E-state index in [0.29, 0.717) is 11.3 Å². The molecule has 1 aromatic heterocycles. The van der Waals surface area contributed by atoms with E-state index in [1.165, 1.54) is 12.1 Å². The Hall–Kier alpha value is -2.06. The normalized spacial score (nSPS) is 12.4. The largest absolute Gasteiger partial charge is 0.353 e. The number of rotatable bonds is 8. The first-order valence-corrected chi connectivity index (χ1v) is 8.65. The molecule has 0 aliphatic heterocycles. The monoisotopic (exact) mass is 365 g/mol. The highest BCUT2D eigenvalue weighted by molar-refractivity contribution is 7.71. The Balaban J connectivity index is 2.01. The fourth-order valence-electron chi connectivity index (χ4n) is 2.62. The van der Waals surface area contributed by atoms with E-state index in [-0.39, 0.29) is 24.3 Å². The van der Waals surface area contributed by atoms with Gasteiger partial charge in [-0.2, -0.15) is 5.10 Å². The predicted molar refractivity (Wildman–Crippen MR) is 97.2 cm³/mol. The molecular formula is C17H24FN5OS. The van der Waals surface area contributed by atoms with E-state index in [1.807, 2.05) is 25.9 Å². The van der Waals surface area contributed by atoms with E-state index in [0.717, 1.165) is 24.2 Å². The zero-order valence-electron chi connectivity index (χ0n) is 14.8. The number of nitrogens with zero attached hydrogens (tertiary/aromatic N) is 3. The topological polar surface area (TPSA) is 66.0 Å². The van der Waals surface area contributed by atoms with Crippen molar-refractivity contribution in [3.63, 3.8) is 0 Å². The van der Waals surface area contributed by atoms with Gasteiger partial charge in [0.2, 0.25) is 5.91 Å². The maximum atomic E-state index is 13.1. The van der Waals surface area contributed by atoms with Gasteiger partial charge < -0.3 is 10.2 Å². The molecule has 1 unspecified atom stereocenters. The Morgan fingerprint density at radius 2 is 2.08 bits per heavy atom. The molecule has 1 aromatic carbocycles. The van der Waals surface area contributed by atoms with Gasteiger partial charge in [0, 0.05) is 13.0 Å². The van der Waals surface area contributed by atoms with Gasteiger partial charge in [0.25, 0.3) is 0 Å². The highest BCUT2D eigenvalue weighted by Crippen LogP contribution is 2.17. The summed E-state index contributed by atoms with van der Waals surface area (Å²) in [6, 6.07) is 6.28. The van der Waals surface area contributed by atoms with Gasteiger partial charge in [-0.05, 0) is 50.4 Å². The second kappa shape index (κ2) is 8.87. The van der Waals surface area contributed by atoms with E-state index < -0.39 is 0 Å². The first-order valence-electron chi connectivity index (χ1n) is 8.25. The third-order valence-corrected chi connectivity index (χ3v) is 4.30. The number of nitrogens with one attached hydrogen (secondary N) is 2. The van der Waals surface area contributed by atoms with Crippen LogP contribution in [0.5, 0.6) is 0 Å². The van der Waals surface area contributed by atoms with Crippen molar-refractivity contribution in [2.24, 2.45) is 0 Å². The summed E-state index contributed by atoms with van der Waals surface area (Å²) in [4.78, 5) is 14.3. The molecule has 6 nitrogen and oxygen atoms in total. The van der Waals surface area contributed by atoms with Crippen LogP contribution in [0.1, 0.15) is 30.8 Å². The molecule has 25 heavy (non-hydrogen) atoms. The Morgan fingerprint density at radius 1 is 1.40 bits per heavy atom. The molecule has 0 aliphatic rings. The van der Waals surface area contributed by atoms with E-state index in [1.54, 1.807) is 16.7 Å². The summed E-state index contributed by atoms with van der Waals surface area (Å²) in [7, 11) is 3.84. The van der Waals surface area contributed by atoms with Crippen LogP contribution in [0.3, 0.4) is 0 Å². The standard InChI is InChI=1S/C17H24FN5OS/c1-4-5-15-20-21-17(25)23(15)11-16(24)19-10-14(22(2)3)12-6-8-13(18)9-7-12/h6-9,14H,4-5,10-11H2,1-3H3,(H,19,24)(H,21,25). The van der Waals surface area contributed by atoms with Crippen molar-refractivity contribution in [1.29, 1.82) is 0 Å². The number of aromatic nitrogens is 3. The predicted octanol–water partition coefficient (Wildman–Crippen LogP) is 2.45. The van der Waals surface area contributed by atoms with Crippen LogP contribution in [0, 0.1) is 10.6 Å². The molecule has 0 saturated heterocycles. The Morgan fingerprint density at radius 3 is 2.68 bits per heavy atom. The van der Waals surface area contributed by atoms with Crippen LogP contribution in [0.25, 0.3) is 0 Å². The molecule has 136 valence electrons. The molecule has 2 aromatic rings. The van der Waals surface area contributed by atoms with Crippen LogP contribution in [-0.4, -0.2) is 46.2 Å². The fourth-order valence-corrected chi connectivity index (χ4v) is 2.84. The van der Waals surface area contributed by atoms with Gasteiger partial charge in [0.05, 0.1) is 6.04 Å². The van der Waals surface area contributed by atoms with Crippen LogP contribution in [-0.2, 0) is 17.8 Å². The van der Waals surface area contributed by atoms with Crippen molar-refractivity contribution in [2.45, 2.75) is 32.4 Å². The summed E-state index contributed by atoms with van der Waals surface area (Å²) in [5.41, 5.74) is 0.943. The van der Waals surface area contributed by atoms with Crippen molar-refractivity contribution in [1.82, 2.24) is 25.0 Å².